The van der Waals surface area contributed by atoms with Crippen molar-refractivity contribution in [2.24, 2.45) is 0 Å². The Morgan fingerprint density at radius 1 is 1.15 bits per heavy atom. The van der Waals surface area contributed by atoms with Gasteiger partial charge in [-0.15, -0.1) is 0 Å². The number of hydrogen-bond donors (Lipinski definition) is 1. The third-order valence-corrected chi connectivity index (χ3v) is 6.57. The first kappa shape index (κ1) is 18.4. The van der Waals surface area contributed by atoms with E-state index in [2.05, 4.69) is 5.32 Å². The largest absolute Gasteiger partial charge is 0.347 e. The lowest BCUT2D eigenvalue weighted by Crippen LogP contribution is -2.44. The molecule has 26 heavy (non-hydrogen) atoms. The molecule has 1 saturated heterocycles. The third kappa shape index (κ3) is 4.22. The summed E-state index contributed by atoms with van der Waals surface area (Å²) in [4.78, 5) is 25.9. The van der Waals surface area contributed by atoms with Gasteiger partial charge in [-0.1, -0.05) is 42.5 Å². The Kier molecular flexibility index (Phi) is 5.27. The molecule has 1 aliphatic heterocycles. The molecule has 6 nitrogen and oxygen atoms in total. The van der Waals surface area contributed by atoms with E-state index in [1.807, 2.05) is 42.5 Å². The number of rotatable bonds is 5. The van der Waals surface area contributed by atoms with Gasteiger partial charge < -0.3 is 10.2 Å². The van der Waals surface area contributed by atoms with Crippen molar-refractivity contribution >= 4 is 32.4 Å². The van der Waals surface area contributed by atoms with Crippen LogP contribution in [0.25, 0.3) is 10.8 Å². The number of sulfone groups is 1. The lowest BCUT2D eigenvalue weighted by molar-refractivity contribution is -0.133. The predicted molar refractivity (Wildman–Crippen MR) is 100 cm³/mol. The first-order valence-electron chi connectivity index (χ1n) is 8.55. The summed E-state index contributed by atoms with van der Waals surface area (Å²) in [5.74, 6) is -0.400. The maximum atomic E-state index is 12.2. The van der Waals surface area contributed by atoms with Gasteiger partial charge in [-0.05, 0) is 22.8 Å². The summed E-state index contributed by atoms with van der Waals surface area (Å²) in [6.07, 6.45) is 0.644. The van der Waals surface area contributed by atoms with Gasteiger partial charge in [0.1, 0.15) is 0 Å². The molecule has 0 radical (unpaired) electrons. The minimum atomic E-state index is -3.05. The molecule has 0 spiro atoms. The Hall–Kier alpha value is -2.41. The molecule has 1 heterocycles. The molecule has 7 heteroatoms. The fourth-order valence-electron chi connectivity index (χ4n) is 3.27. The lowest BCUT2D eigenvalue weighted by Gasteiger charge is -2.23. The molecule has 2 aromatic carbocycles. The number of nitrogens with zero attached hydrogens (tertiary/aromatic N) is 1. The van der Waals surface area contributed by atoms with E-state index in [0.29, 0.717) is 6.42 Å². The second-order valence-electron chi connectivity index (χ2n) is 6.65. The molecule has 3 rings (SSSR count). The summed E-state index contributed by atoms with van der Waals surface area (Å²) in [5, 5.41) is 4.73. The quantitative estimate of drug-likeness (QED) is 0.851. The normalized spacial score (nSPS) is 18.6. The van der Waals surface area contributed by atoms with Crippen molar-refractivity contribution in [2.75, 3.05) is 25.1 Å². The van der Waals surface area contributed by atoms with Crippen LogP contribution in [0, 0.1) is 0 Å². The Morgan fingerprint density at radius 2 is 1.88 bits per heavy atom. The van der Waals surface area contributed by atoms with E-state index in [1.165, 1.54) is 4.90 Å². The second-order valence-corrected chi connectivity index (χ2v) is 8.88. The first-order chi connectivity index (χ1) is 12.4. The number of carbonyl (C=O) groups excluding carboxylic acids is 2. The van der Waals surface area contributed by atoms with Crippen molar-refractivity contribution in [3.05, 3.63) is 48.0 Å². The van der Waals surface area contributed by atoms with E-state index in [1.54, 1.807) is 7.05 Å². The van der Waals surface area contributed by atoms with Crippen molar-refractivity contribution in [1.29, 1.82) is 0 Å². The fourth-order valence-corrected chi connectivity index (χ4v) is 5.04. The molecular weight excluding hydrogens is 352 g/mol. The zero-order valence-corrected chi connectivity index (χ0v) is 15.5. The molecule has 1 aliphatic rings. The van der Waals surface area contributed by atoms with E-state index in [0.717, 1.165) is 16.3 Å². The minimum absolute atomic E-state index is 0.000802. The van der Waals surface area contributed by atoms with Gasteiger partial charge in [-0.25, -0.2) is 8.42 Å². The van der Waals surface area contributed by atoms with Gasteiger partial charge in [0.05, 0.1) is 24.5 Å². The summed E-state index contributed by atoms with van der Waals surface area (Å²) in [6.45, 7) is -0.128. The summed E-state index contributed by atoms with van der Waals surface area (Å²) >= 11 is 0. The molecular formula is C19H22N2O4S. The van der Waals surface area contributed by atoms with Gasteiger partial charge in [0.25, 0.3) is 0 Å². The molecule has 1 N–H and O–H groups in total. The van der Waals surface area contributed by atoms with Crippen LogP contribution >= 0.6 is 0 Å². The molecule has 2 aromatic rings. The Morgan fingerprint density at radius 3 is 2.62 bits per heavy atom. The van der Waals surface area contributed by atoms with E-state index >= 15 is 0 Å². The smallest absolute Gasteiger partial charge is 0.241 e. The summed E-state index contributed by atoms with van der Waals surface area (Å²) in [7, 11) is -1.46. The highest BCUT2D eigenvalue weighted by Crippen LogP contribution is 2.19. The van der Waals surface area contributed by atoms with E-state index < -0.39 is 9.84 Å². The SMILES string of the molecule is CN(C(=O)CNC(=O)Cc1cccc2ccccc12)C1CCS(=O)(=O)C1. The monoisotopic (exact) mass is 374 g/mol. The zero-order chi connectivity index (χ0) is 18.7. The number of amides is 2. The van der Waals surface area contributed by atoms with E-state index in [-0.39, 0.29) is 42.3 Å². The Balaban J connectivity index is 1.56. The second kappa shape index (κ2) is 7.45. The number of likely N-dealkylation sites (N-methyl/N-ethyl adjacent to an activating group) is 1. The van der Waals surface area contributed by atoms with Crippen LogP contribution in [0.2, 0.25) is 0 Å². The van der Waals surface area contributed by atoms with Gasteiger partial charge in [0.15, 0.2) is 9.84 Å². The topological polar surface area (TPSA) is 83.6 Å². The van der Waals surface area contributed by atoms with Crippen LogP contribution in [0.1, 0.15) is 12.0 Å². The molecule has 0 aliphatic carbocycles. The summed E-state index contributed by atoms with van der Waals surface area (Å²) < 4.78 is 23.1. The van der Waals surface area contributed by atoms with Gasteiger partial charge in [0.2, 0.25) is 11.8 Å². The van der Waals surface area contributed by atoms with Crippen LogP contribution in [-0.2, 0) is 25.8 Å². The predicted octanol–water partition coefficient (Wildman–Crippen LogP) is 1.14. The van der Waals surface area contributed by atoms with E-state index in [9.17, 15) is 18.0 Å². The molecule has 138 valence electrons. The Labute approximate surface area is 153 Å². The van der Waals surface area contributed by atoms with Crippen molar-refractivity contribution in [3.63, 3.8) is 0 Å². The molecule has 0 aromatic heterocycles. The van der Waals surface area contributed by atoms with Crippen molar-refractivity contribution < 1.29 is 18.0 Å². The number of nitrogens with one attached hydrogen (secondary N) is 1. The van der Waals surface area contributed by atoms with Gasteiger partial charge in [-0.2, -0.15) is 0 Å². The maximum Gasteiger partial charge on any atom is 0.241 e. The lowest BCUT2D eigenvalue weighted by atomic mass is 10.0. The maximum absolute atomic E-state index is 12.2. The van der Waals surface area contributed by atoms with Gasteiger partial charge >= 0.3 is 0 Å². The van der Waals surface area contributed by atoms with Crippen LogP contribution in [0.4, 0.5) is 0 Å². The number of benzene rings is 2. The molecule has 1 unspecified atom stereocenters. The van der Waals surface area contributed by atoms with Crippen molar-refractivity contribution in [1.82, 2.24) is 10.2 Å². The molecule has 1 fully saturated rings. The standard InChI is InChI=1S/C19H22N2O4S/c1-21(16-9-10-26(24,25)13-16)19(23)12-20-18(22)11-15-7-4-6-14-5-2-3-8-17(14)15/h2-8,16H,9-13H2,1H3,(H,20,22). The summed E-state index contributed by atoms with van der Waals surface area (Å²) in [6, 6.07) is 13.3. The summed E-state index contributed by atoms with van der Waals surface area (Å²) in [5.41, 5.74) is 0.906. The van der Waals surface area contributed by atoms with Crippen LogP contribution in [-0.4, -0.2) is 56.3 Å². The van der Waals surface area contributed by atoms with Crippen molar-refractivity contribution in [3.8, 4) is 0 Å². The highest BCUT2D eigenvalue weighted by atomic mass is 32.2. The molecule has 2 amide bonds. The highest BCUT2D eigenvalue weighted by molar-refractivity contribution is 7.91. The van der Waals surface area contributed by atoms with Crippen LogP contribution in [0.3, 0.4) is 0 Å². The average molecular weight is 374 g/mol. The number of hydrogen-bond acceptors (Lipinski definition) is 4. The molecule has 0 bridgehead atoms. The number of carbonyl (C=O) groups is 2. The fraction of sp³-hybridized carbons (Fsp3) is 0.368. The molecule has 0 saturated carbocycles. The average Bonchev–Trinajstić information content (AvgIpc) is 2.99. The van der Waals surface area contributed by atoms with E-state index in [4.69, 9.17) is 0 Å². The minimum Gasteiger partial charge on any atom is -0.347 e. The van der Waals surface area contributed by atoms with Crippen LogP contribution < -0.4 is 5.32 Å². The molecule has 1 atom stereocenters. The number of fused-ring (bicyclic) bond motifs is 1. The van der Waals surface area contributed by atoms with Crippen molar-refractivity contribution in [2.45, 2.75) is 18.9 Å². The Bertz CT molecular complexity index is 934. The highest BCUT2D eigenvalue weighted by Gasteiger charge is 2.32. The first-order valence-corrected chi connectivity index (χ1v) is 10.4. The third-order valence-electron chi connectivity index (χ3n) is 4.82. The zero-order valence-electron chi connectivity index (χ0n) is 14.6. The van der Waals surface area contributed by atoms with Gasteiger partial charge in [0, 0.05) is 13.1 Å². The van der Waals surface area contributed by atoms with Crippen LogP contribution in [0.15, 0.2) is 42.5 Å². The van der Waals surface area contributed by atoms with Crippen LogP contribution in [0.5, 0.6) is 0 Å². The van der Waals surface area contributed by atoms with Gasteiger partial charge in [-0.3, -0.25) is 9.59 Å².